The Morgan fingerprint density at radius 3 is 2.29 bits per heavy atom. The molecule has 1 aromatic carbocycles. The summed E-state index contributed by atoms with van der Waals surface area (Å²) in [7, 11) is 0. The molecule has 24 heavy (non-hydrogen) atoms. The molecule has 2 rings (SSSR count). The Hall–Kier alpha value is -1.95. The molecule has 5 nitrogen and oxygen atoms in total. The van der Waals surface area contributed by atoms with Gasteiger partial charge in [0.25, 0.3) is 0 Å². The predicted molar refractivity (Wildman–Crippen MR) is 92.1 cm³/mol. The van der Waals surface area contributed by atoms with Gasteiger partial charge < -0.3 is 10.6 Å². The lowest BCUT2D eigenvalue weighted by molar-refractivity contribution is -0.129. The van der Waals surface area contributed by atoms with E-state index in [1.807, 2.05) is 20.8 Å². The maximum atomic E-state index is 12.8. The molecule has 0 radical (unpaired) electrons. The van der Waals surface area contributed by atoms with E-state index >= 15 is 0 Å². The Morgan fingerprint density at radius 1 is 1.17 bits per heavy atom. The molecule has 2 amide bonds. The van der Waals surface area contributed by atoms with E-state index in [0.717, 1.165) is 25.9 Å². The maximum Gasteiger partial charge on any atom is 0.238 e. The van der Waals surface area contributed by atoms with E-state index in [1.54, 1.807) is 12.1 Å². The number of hydrogen-bond acceptors (Lipinski definition) is 3. The van der Waals surface area contributed by atoms with Gasteiger partial charge in [-0.15, -0.1) is 0 Å². The highest BCUT2D eigenvalue weighted by molar-refractivity contribution is 5.92. The monoisotopic (exact) mass is 335 g/mol. The van der Waals surface area contributed by atoms with Crippen molar-refractivity contribution in [2.45, 2.75) is 39.7 Å². The number of halogens is 1. The number of nitrogens with one attached hydrogen (secondary N) is 2. The Labute approximate surface area is 142 Å². The van der Waals surface area contributed by atoms with Crippen LogP contribution in [0.4, 0.5) is 10.1 Å². The van der Waals surface area contributed by atoms with Crippen LogP contribution in [0.25, 0.3) is 0 Å². The first-order chi connectivity index (χ1) is 11.2. The first-order valence-electron chi connectivity index (χ1n) is 8.33. The van der Waals surface area contributed by atoms with E-state index in [-0.39, 0.29) is 29.1 Å². The Morgan fingerprint density at radius 2 is 1.75 bits per heavy atom. The van der Waals surface area contributed by atoms with Crippen LogP contribution in [-0.2, 0) is 9.59 Å². The highest BCUT2D eigenvalue weighted by Gasteiger charge is 2.27. The number of hydrogen-bond donors (Lipinski definition) is 2. The molecular formula is C18H26FN3O2. The summed E-state index contributed by atoms with van der Waals surface area (Å²) in [6.45, 7) is 7.54. The molecule has 0 atom stereocenters. The smallest absolute Gasteiger partial charge is 0.238 e. The minimum atomic E-state index is -0.383. The summed E-state index contributed by atoms with van der Waals surface area (Å²) in [6, 6.07) is 5.90. The van der Waals surface area contributed by atoms with E-state index in [4.69, 9.17) is 0 Å². The molecule has 2 N–H and O–H groups in total. The molecule has 1 heterocycles. The summed E-state index contributed by atoms with van der Waals surface area (Å²) < 4.78 is 12.8. The van der Waals surface area contributed by atoms with E-state index in [0.29, 0.717) is 12.2 Å². The molecule has 0 aromatic heterocycles. The topological polar surface area (TPSA) is 61.4 Å². The minimum absolute atomic E-state index is 0.0648. The molecule has 132 valence electrons. The second-order valence-corrected chi connectivity index (χ2v) is 7.33. The van der Waals surface area contributed by atoms with Gasteiger partial charge in [-0.2, -0.15) is 0 Å². The lowest BCUT2D eigenvalue weighted by Gasteiger charge is -2.33. The Bertz CT molecular complexity index is 573. The zero-order valence-electron chi connectivity index (χ0n) is 14.6. The summed E-state index contributed by atoms with van der Waals surface area (Å²) >= 11 is 0. The molecule has 1 aliphatic heterocycles. The normalized spacial score (nSPS) is 16.7. The van der Waals surface area contributed by atoms with Crippen LogP contribution in [0.1, 0.15) is 33.6 Å². The van der Waals surface area contributed by atoms with Gasteiger partial charge in [0.15, 0.2) is 0 Å². The second kappa shape index (κ2) is 7.75. The molecule has 1 fully saturated rings. The van der Waals surface area contributed by atoms with Crippen molar-refractivity contribution in [1.29, 1.82) is 0 Å². The van der Waals surface area contributed by atoms with Crippen LogP contribution in [0.3, 0.4) is 0 Å². The van der Waals surface area contributed by atoms with Crippen molar-refractivity contribution in [2.75, 3.05) is 25.0 Å². The zero-order valence-corrected chi connectivity index (χ0v) is 14.6. The van der Waals surface area contributed by atoms with Crippen molar-refractivity contribution < 1.29 is 14.0 Å². The van der Waals surface area contributed by atoms with Gasteiger partial charge in [0.1, 0.15) is 5.82 Å². The fourth-order valence-electron chi connectivity index (χ4n) is 2.57. The van der Waals surface area contributed by atoms with Gasteiger partial charge >= 0.3 is 0 Å². The number of piperidine rings is 1. The second-order valence-electron chi connectivity index (χ2n) is 7.33. The number of likely N-dealkylation sites (tertiary alicyclic amines) is 1. The zero-order chi connectivity index (χ0) is 17.7. The van der Waals surface area contributed by atoms with Crippen molar-refractivity contribution in [2.24, 2.45) is 5.41 Å². The summed E-state index contributed by atoms with van der Waals surface area (Å²) in [4.78, 5) is 26.1. The lowest BCUT2D eigenvalue weighted by Crippen LogP contribution is -2.48. The SMILES string of the molecule is CC(C)(C)C(=O)NC1CCN(CC(=O)Nc2ccc(F)cc2)CC1. The van der Waals surface area contributed by atoms with Gasteiger partial charge in [0, 0.05) is 30.2 Å². The number of rotatable bonds is 4. The van der Waals surface area contributed by atoms with E-state index in [1.165, 1.54) is 12.1 Å². The predicted octanol–water partition coefficient (Wildman–Crippen LogP) is 2.39. The molecule has 0 saturated carbocycles. The van der Waals surface area contributed by atoms with Crippen molar-refractivity contribution in [3.05, 3.63) is 30.1 Å². The quantitative estimate of drug-likeness (QED) is 0.888. The third-order valence-electron chi connectivity index (χ3n) is 4.10. The fraction of sp³-hybridized carbons (Fsp3) is 0.556. The van der Waals surface area contributed by atoms with Crippen LogP contribution in [0, 0.1) is 11.2 Å². The molecular weight excluding hydrogens is 309 g/mol. The molecule has 0 bridgehead atoms. The summed E-state index contributed by atoms with van der Waals surface area (Å²) in [5.74, 6) is -0.374. The largest absolute Gasteiger partial charge is 0.353 e. The number of nitrogens with zero attached hydrogens (tertiary/aromatic N) is 1. The molecule has 1 saturated heterocycles. The summed E-state index contributed by atoms with van der Waals surface area (Å²) in [5, 5.41) is 5.84. The van der Waals surface area contributed by atoms with Gasteiger partial charge in [0.2, 0.25) is 11.8 Å². The summed E-state index contributed by atoms with van der Waals surface area (Å²) in [6.07, 6.45) is 1.68. The molecule has 0 spiro atoms. The molecule has 1 aliphatic rings. The van der Waals surface area contributed by atoms with Crippen LogP contribution >= 0.6 is 0 Å². The van der Waals surface area contributed by atoms with Crippen LogP contribution in [0.5, 0.6) is 0 Å². The average Bonchev–Trinajstić information content (AvgIpc) is 2.50. The van der Waals surface area contributed by atoms with Crippen molar-refractivity contribution >= 4 is 17.5 Å². The molecule has 0 unspecified atom stereocenters. The maximum absolute atomic E-state index is 12.8. The van der Waals surface area contributed by atoms with Crippen molar-refractivity contribution in [1.82, 2.24) is 10.2 Å². The minimum Gasteiger partial charge on any atom is -0.353 e. The Balaban J connectivity index is 1.73. The molecule has 1 aromatic rings. The highest BCUT2D eigenvalue weighted by Crippen LogP contribution is 2.16. The van der Waals surface area contributed by atoms with Gasteiger partial charge in [-0.3, -0.25) is 14.5 Å². The average molecular weight is 335 g/mol. The number of anilines is 1. The first kappa shape index (κ1) is 18.4. The fourth-order valence-corrected chi connectivity index (χ4v) is 2.57. The summed E-state index contributed by atoms with van der Waals surface area (Å²) in [5.41, 5.74) is 0.209. The third kappa shape index (κ3) is 5.60. The number of benzene rings is 1. The van der Waals surface area contributed by atoms with Gasteiger partial charge in [-0.1, -0.05) is 20.8 Å². The standard InChI is InChI=1S/C18H26FN3O2/c1-18(2,3)17(24)21-15-8-10-22(11-9-15)12-16(23)20-14-6-4-13(19)5-7-14/h4-7,15H,8-12H2,1-3H3,(H,20,23)(H,21,24). The first-order valence-corrected chi connectivity index (χ1v) is 8.33. The van der Waals surface area contributed by atoms with Crippen LogP contribution in [-0.4, -0.2) is 42.4 Å². The van der Waals surface area contributed by atoms with Crippen LogP contribution in [0.15, 0.2) is 24.3 Å². The highest BCUT2D eigenvalue weighted by atomic mass is 19.1. The van der Waals surface area contributed by atoms with E-state index in [2.05, 4.69) is 15.5 Å². The third-order valence-corrected chi connectivity index (χ3v) is 4.10. The molecule has 6 heteroatoms. The lowest BCUT2D eigenvalue weighted by atomic mass is 9.94. The van der Waals surface area contributed by atoms with Crippen molar-refractivity contribution in [3.8, 4) is 0 Å². The van der Waals surface area contributed by atoms with Gasteiger partial charge in [-0.25, -0.2) is 4.39 Å². The van der Waals surface area contributed by atoms with Gasteiger partial charge in [0.05, 0.1) is 6.54 Å². The van der Waals surface area contributed by atoms with E-state index in [9.17, 15) is 14.0 Å². The van der Waals surface area contributed by atoms with Crippen LogP contribution in [0.2, 0.25) is 0 Å². The number of carbonyl (C=O) groups excluding carboxylic acids is 2. The van der Waals surface area contributed by atoms with Crippen molar-refractivity contribution in [3.63, 3.8) is 0 Å². The van der Waals surface area contributed by atoms with E-state index < -0.39 is 0 Å². The number of amides is 2. The molecule has 0 aliphatic carbocycles. The van der Waals surface area contributed by atoms with Crippen LogP contribution < -0.4 is 10.6 Å². The Kier molecular flexibility index (Phi) is 5.94. The van der Waals surface area contributed by atoms with Gasteiger partial charge in [-0.05, 0) is 37.1 Å². The number of carbonyl (C=O) groups is 2.